The van der Waals surface area contributed by atoms with Crippen molar-refractivity contribution in [1.82, 2.24) is 9.78 Å². The maximum atomic E-state index is 11.2. The second-order valence-electron chi connectivity index (χ2n) is 3.07. The van der Waals surface area contributed by atoms with Gasteiger partial charge in [0.05, 0.1) is 11.7 Å². The largest absolute Gasteiger partial charge is 0.320 e. The van der Waals surface area contributed by atoms with Crippen molar-refractivity contribution in [3.05, 3.63) is 11.8 Å². The zero-order valence-electron chi connectivity index (χ0n) is 8.03. The molecule has 1 rings (SSSR count). The summed E-state index contributed by atoms with van der Waals surface area (Å²) in [5.74, 6) is 0.461. The molecule has 1 atom stereocenters. The average Bonchev–Trinajstić information content (AvgIpc) is 2.30. The van der Waals surface area contributed by atoms with Crippen LogP contribution in [0.1, 0.15) is 12.6 Å². The lowest BCUT2D eigenvalue weighted by Crippen LogP contribution is -2.33. The summed E-state index contributed by atoms with van der Waals surface area (Å²) in [5, 5.41) is 6.75. The Bertz CT molecular complexity index is 316. The number of hydrogen-bond acceptors (Lipinski definition) is 3. The van der Waals surface area contributed by atoms with E-state index < -0.39 is 6.04 Å². The number of anilines is 1. The van der Waals surface area contributed by atoms with Crippen LogP contribution in [0.2, 0.25) is 0 Å². The maximum Gasteiger partial charge on any atom is 0.242 e. The van der Waals surface area contributed by atoms with Crippen LogP contribution in [0.3, 0.4) is 0 Å². The van der Waals surface area contributed by atoms with Gasteiger partial charge in [0, 0.05) is 13.1 Å². The summed E-state index contributed by atoms with van der Waals surface area (Å²) in [6.45, 7) is 3.50. The van der Waals surface area contributed by atoms with Crippen molar-refractivity contribution in [2.24, 2.45) is 12.8 Å². The molecule has 1 heterocycles. The highest BCUT2D eigenvalue weighted by Crippen LogP contribution is 2.07. The molecule has 0 spiro atoms. The number of aryl methyl sites for hydroxylation is 2. The maximum absolute atomic E-state index is 11.2. The molecule has 0 aliphatic carbocycles. The summed E-state index contributed by atoms with van der Waals surface area (Å²) in [5.41, 5.74) is 6.26. The summed E-state index contributed by atoms with van der Waals surface area (Å²) < 4.78 is 1.61. The Hall–Kier alpha value is -1.36. The molecule has 0 aliphatic rings. The lowest BCUT2D eigenvalue weighted by atomic mass is 10.3. The normalized spacial score (nSPS) is 12.6. The molecule has 5 nitrogen and oxygen atoms in total. The van der Waals surface area contributed by atoms with Gasteiger partial charge in [-0.2, -0.15) is 5.10 Å². The number of hydrogen-bond donors (Lipinski definition) is 2. The first-order valence-corrected chi connectivity index (χ1v) is 4.08. The van der Waals surface area contributed by atoms with Crippen LogP contribution in [0.4, 0.5) is 5.82 Å². The minimum atomic E-state index is -0.504. The molecular formula is C8H14N4O. The molecule has 72 valence electrons. The Morgan fingerprint density at radius 3 is 2.77 bits per heavy atom. The molecule has 1 amide bonds. The van der Waals surface area contributed by atoms with Crippen LogP contribution in [0, 0.1) is 6.92 Å². The third-order valence-electron chi connectivity index (χ3n) is 1.67. The van der Waals surface area contributed by atoms with Gasteiger partial charge in [-0.1, -0.05) is 0 Å². The monoisotopic (exact) mass is 182 g/mol. The number of nitrogens with zero attached hydrogens (tertiary/aromatic N) is 2. The number of amides is 1. The summed E-state index contributed by atoms with van der Waals surface area (Å²) in [4.78, 5) is 11.2. The van der Waals surface area contributed by atoms with Gasteiger partial charge < -0.3 is 11.1 Å². The highest BCUT2D eigenvalue weighted by atomic mass is 16.2. The minimum absolute atomic E-state index is 0.206. The second-order valence-corrected chi connectivity index (χ2v) is 3.07. The van der Waals surface area contributed by atoms with Crippen LogP contribution in [0.15, 0.2) is 6.07 Å². The summed E-state index contributed by atoms with van der Waals surface area (Å²) in [6, 6.07) is 1.29. The molecular weight excluding hydrogens is 168 g/mol. The van der Waals surface area contributed by atoms with Gasteiger partial charge in [0.2, 0.25) is 5.91 Å². The van der Waals surface area contributed by atoms with Crippen molar-refractivity contribution >= 4 is 11.7 Å². The van der Waals surface area contributed by atoms with Crippen LogP contribution >= 0.6 is 0 Å². The molecule has 13 heavy (non-hydrogen) atoms. The van der Waals surface area contributed by atoms with Crippen molar-refractivity contribution < 1.29 is 4.79 Å². The Balaban J connectivity index is 2.74. The number of carbonyl (C=O) groups excluding carboxylic acids is 1. The molecule has 0 bridgehead atoms. The van der Waals surface area contributed by atoms with E-state index in [1.807, 2.05) is 6.92 Å². The Labute approximate surface area is 76.9 Å². The summed E-state index contributed by atoms with van der Waals surface area (Å²) in [6.07, 6.45) is 0. The Morgan fingerprint density at radius 1 is 1.77 bits per heavy atom. The molecule has 3 N–H and O–H groups in total. The fourth-order valence-electron chi connectivity index (χ4n) is 0.968. The molecule has 0 radical (unpaired) electrons. The van der Waals surface area contributed by atoms with E-state index in [0.717, 1.165) is 5.69 Å². The number of nitrogens with one attached hydrogen (secondary N) is 1. The third kappa shape index (κ3) is 2.29. The van der Waals surface area contributed by atoms with Crippen molar-refractivity contribution in [3.63, 3.8) is 0 Å². The molecule has 1 aromatic heterocycles. The van der Waals surface area contributed by atoms with Gasteiger partial charge in [0.25, 0.3) is 0 Å². The summed E-state index contributed by atoms with van der Waals surface area (Å²) in [7, 11) is 1.77. The predicted octanol–water partition coefficient (Wildman–Crippen LogP) is 0.0142. The standard InChI is InChI=1S/C8H14N4O/c1-5-4-7(12(3)11-5)10-8(13)6(2)9/h4,6H,9H2,1-3H3,(H,10,13)/t6-/m0/s1. The molecule has 0 fully saturated rings. The van der Waals surface area contributed by atoms with Gasteiger partial charge in [0.15, 0.2) is 0 Å². The van der Waals surface area contributed by atoms with E-state index in [1.54, 1.807) is 24.7 Å². The summed E-state index contributed by atoms with van der Waals surface area (Å²) >= 11 is 0. The SMILES string of the molecule is Cc1cc(NC(=O)[C@H](C)N)n(C)n1. The predicted molar refractivity (Wildman–Crippen MR) is 50.2 cm³/mol. The molecule has 0 aromatic carbocycles. The number of carbonyl (C=O) groups is 1. The van der Waals surface area contributed by atoms with E-state index in [2.05, 4.69) is 10.4 Å². The highest BCUT2D eigenvalue weighted by molar-refractivity contribution is 5.93. The molecule has 0 aliphatic heterocycles. The van der Waals surface area contributed by atoms with Gasteiger partial charge in [-0.25, -0.2) is 0 Å². The van der Waals surface area contributed by atoms with Gasteiger partial charge >= 0.3 is 0 Å². The van der Waals surface area contributed by atoms with Crippen molar-refractivity contribution in [2.45, 2.75) is 19.9 Å². The molecule has 0 saturated heterocycles. The topological polar surface area (TPSA) is 72.9 Å². The molecule has 0 saturated carbocycles. The van der Waals surface area contributed by atoms with Crippen molar-refractivity contribution in [1.29, 1.82) is 0 Å². The van der Waals surface area contributed by atoms with E-state index in [-0.39, 0.29) is 5.91 Å². The van der Waals surface area contributed by atoms with Crippen molar-refractivity contribution in [3.8, 4) is 0 Å². The van der Waals surface area contributed by atoms with Crippen molar-refractivity contribution in [2.75, 3.05) is 5.32 Å². The number of nitrogens with two attached hydrogens (primary N) is 1. The lowest BCUT2D eigenvalue weighted by Gasteiger charge is -2.06. The first-order chi connectivity index (χ1) is 6.00. The third-order valence-corrected chi connectivity index (χ3v) is 1.67. The Morgan fingerprint density at radius 2 is 2.38 bits per heavy atom. The van der Waals surface area contributed by atoms with Gasteiger partial charge in [0.1, 0.15) is 5.82 Å². The van der Waals surface area contributed by atoms with E-state index in [4.69, 9.17) is 5.73 Å². The van der Waals surface area contributed by atoms with Gasteiger partial charge in [-0.3, -0.25) is 9.48 Å². The quantitative estimate of drug-likeness (QED) is 0.677. The van der Waals surface area contributed by atoms with E-state index in [9.17, 15) is 4.79 Å². The van der Waals surface area contributed by atoms with E-state index in [0.29, 0.717) is 5.82 Å². The molecule has 5 heteroatoms. The lowest BCUT2D eigenvalue weighted by molar-refractivity contribution is -0.117. The molecule has 0 unspecified atom stereocenters. The first-order valence-electron chi connectivity index (χ1n) is 4.08. The van der Waals surface area contributed by atoms with Crippen LogP contribution in [-0.4, -0.2) is 21.7 Å². The molecule has 1 aromatic rings. The van der Waals surface area contributed by atoms with Crippen LogP contribution in [0.25, 0.3) is 0 Å². The Kier molecular flexibility index (Phi) is 2.67. The van der Waals surface area contributed by atoms with E-state index in [1.165, 1.54) is 0 Å². The van der Waals surface area contributed by atoms with Crippen LogP contribution in [-0.2, 0) is 11.8 Å². The second kappa shape index (κ2) is 3.57. The minimum Gasteiger partial charge on any atom is -0.320 e. The average molecular weight is 182 g/mol. The number of rotatable bonds is 2. The van der Waals surface area contributed by atoms with E-state index >= 15 is 0 Å². The highest BCUT2D eigenvalue weighted by Gasteiger charge is 2.09. The number of aromatic nitrogens is 2. The fraction of sp³-hybridized carbons (Fsp3) is 0.500. The zero-order chi connectivity index (χ0) is 10.0. The smallest absolute Gasteiger partial charge is 0.242 e. The fourth-order valence-corrected chi connectivity index (χ4v) is 0.968. The van der Waals surface area contributed by atoms with Crippen LogP contribution < -0.4 is 11.1 Å². The van der Waals surface area contributed by atoms with Gasteiger partial charge in [-0.15, -0.1) is 0 Å². The van der Waals surface area contributed by atoms with Gasteiger partial charge in [-0.05, 0) is 13.8 Å². The first kappa shape index (κ1) is 9.73. The van der Waals surface area contributed by atoms with Crippen LogP contribution in [0.5, 0.6) is 0 Å². The zero-order valence-corrected chi connectivity index (χ0v) is 8.03.